The average Bonchev–Trinajstić information content (AvgIpc) is 3.30. The first-order valence-corrected chi connectivity index (χ1v) is 19.6. The molecule has 276 valence electrons. The lowest BCUT2D eigenvalue weighted by atomic mass is 9.78. The molecule has 0 unspecified atom stereocenters. The largest absolute Gasteiger partial charge is 0.497 e. The molecule has 3 aliphatic rings. The minimum absolute atomic E-state index is 0.207. The van der Waals surface area contributed by atoms with Crippen molar-refractivity contribution in [1.29, 1.82) is 0 Å². The van der Waals surface area contributed by atoms with E-state index in [-0.39, 0.29) is 17.5 Å². The van der Waals surface area contributed by atoms with E-state index in [4.69, 9.17) is 9.31 Å². The Balaban J connectivity index is 0.000000192. The van der Waals surface area contributed by atoms with Crippen LogP contribution in [0.25, 0.3) is 0 Å². The zero-order valence-corrected chi connectivity index (χ0v) is 35.2. The monoisotopic (exact) mass is 948 g/mol. The van der Waals surface area contributed by atoms with Gasteiger partial charge in [0.2, 0.25) is 0 Å². The maximum absolute atomic E-state index is 14.7. The van der Waals surface area contributed by atoms with E-state index in [9.17, 15) is 23.2 Å². The molecule has 3 aliphatic heterocycles. The highest BCUT2D eigenvalue weighted by Gasteiger charge is 2.52. The summed E-state index contributed by atoms with van der Waals surface area (Å²) in [5.41, 5.74) is 1.21. The summed E-state index contributed by atoms with van der Waals surface area (Å²) < 4.78 is 54.5. The summed E-state index contributed by atoms with van der Waals surface area (Å²) in [6.45, 7) is 17.7. The molecular formula is C34H45B3Br2F3IN4O4. The van der Waals surface area contributed by atoms with Crippen molar-refractivity contribution in [2.45, 2.75) is 52.5 Å². The fraction of sp³-hybridized carbons (Fsp3) is 0.471. The van der Waals surface area contributed by atoms with Gasteiger partial charge in [-0.05, 0) is 144 Å². The van der Waals surface area contributed by atoms with Gasteiger partial charge in [0.15, 0.2) is 0 Å². The van der Waals surface area contributed by atoms with E-state index < -0.39 is 32.4 Å². The van der Waals surface area contributed by atoms with E-state index in [1.54, 1.807) is 44.0 Å². The van der Waals surface area contributed by atoms with Gasteiger partial charge in [0.05, 0.1) is 20.1 Å². The molecule has 0 amide bonds. The Hall–Kier alpha value is -1.31. The van der Waals surface area contributed by atoms with Crippen molar-refractivity contribution < 1.29 is 32.5 Å². The lowest BCUT2D eigenvalue weighted by Crippen LogP contribution is -2.51. The quantitative estimate of drug-likeness (QED) is 0.174. The second kappa shape index (κ2) is 18.4. The van der Waals surface area contributed by atoms with Crippen LogP contribution >= 0.6 is 54.5 Å². The van der Waals surface area contributed by atoms with Crippen LogP contribution in [-0.2, 0) is 9.31 Å². The molecule has 3 aromatic rings. The zero-order valence-electron chi connectivity index (χ0n) is 29.9. The van der Waals surface area contributed by atoms with Crippen molar-refractivity contribution in [2.24, 2.45) is 0 Å². The molecule has 3 heterocycles. The predicted octanol–water partition coefficient (Wildman–Crippen LogP) is 6.37. The lowest BCUT2D eigenvalue weighted by Gasteiger charge is -2.36. The van der Waals surface area contributed by atoms with E-state index in [0.717, 1.165) is 67.3 Å². The van der Waals surface area contributed by atoms with Crippen LogP contribution in [0.5, 0.6) is 0 Å². The van der Waals surface area contributed by atoms with Crippen molar-refractivity contribution in [2.75, 3.05) is 62.2 Å². The number of hydrogen-bond acceptors (Lipinski definition) is 8. The van der Waals surface area contributed by atoms with Crippen molar-refractivity contribution in [1.82, 2.24) is 9.62 Å². The highest BCUT2D eigenvalue weighted by Crippen LogP contribution is 2.37. The minimum atomic E-state index is -0.689. The third kappa shape index (κ3) is 11.4. The van der Waals surface area contributed by atoms with Crippen molar-refractivity contribution >= 4 is 92.5 Å². The second-order valence-electron chi connectivity index (χ2n) is 13.8. The highest BCUT2D eigenvalue weighted by molar-refractivity contribution is 14.1. The number of nitrogens with zero attached hydrogens (tertiary/aromatic N) is 4. The number of piperazine rings is 2. The summed E-state index contributed by atoms with van der Waals surface area (Å²) in [4.78, 5) is 8.28. The van der Waals surface area contributed by atoms with E-state index >= 15 is 0 Å². The van der Waals surface area contributed by atoms with Gasteiger partial charge in [0.25, 0.3) is 0 Å². The average molecular weight is 950 g/mol. The van der Waals surface area contributed by atoms with Gasteiger partial charge in [-0.15, -0.1) is 0 Å². The molecule has 51 heavy (non-hydrogen) atoms. The Morgan fingerprint density at radius 2 is 1.04 bits per heavy atom. The maximum Gasteiger partial charge on any atom is 0.497 e. The Morgan fingerprint density at radius 1 is 0.647 bits per heavy atom. The van der Waals surface area contributed by atoms with Gasteiger partial charge in [-0.25, -0.2) is 13.2 Å². The van der Waals surface area contributed by atoms with Gasteiger partial charge < -0.3 is 38.8 Å². The van der Waals surface area contributed by atoms with Gasteiger partial charge in [-0.2, -0.15) is 0 Å². The van der Waals surface area contributed by atoms with Crippen molar-refractivity contribution in [3.63, 3.8) is 0 Å². The van der Waals surface area contributed by atoms with Crippen LogP contribution < -0.4 is 15.3 Å². The van der Waals surface area contributed by atoms with Crippen LogP contribution in [-0.4, -0.2) is 104 Å². The van der Waals surface area contributed by atoms with Crippen LogP contribution in [0.15, 0.2) is 63.5 Å². The number of anilines is 2. The molecule has 6 rings (SSSR count). The van der Waals surface area contributed by atoms with Gasteiger partial charge in [0, 0.05) is 72.8 Å². The number of benzene rings is 3. The van der Waals surface area contributed by atoms with E-state index in [1.807, 2.05) is 55.5 Å². The van der Waals surface area contributed by atoms with Gasteiger partial charge >= 0.3 is 21.2 Å². The second-order valence-corrected chi connectivity index (χ2v) is 16.7. The summed E-state index contributed by atoms with van der Waals surface area (Å²) in [5, 5.41) is 19.1. The Bertz CT molecular complexity index is 1600. The highest BCUT2D eigenvalue weighted by atomic mass is 127. The molecule has 8 nitrogen and oxygen atoms in total. The number of halogens is 6. The first-order chi connectivity index (χ1) is 23.9. The molecule has 3 aromatic carbocycles. The van der Waals surface area contributed by atoms with E-state index in [2.05, 4.69) is 64.3 Å². The fourth-order valence-electron chi connectivity index (χ4n) is 5.73. The van der Waals surface area contributed by atoms with Gasteiger partial charge in [-0.3, -0.25) is 0 Å². The normalized spacial score (nSPS) is 18.8. The zero-order chi connectivity index (χ0) is 37.7. The summed E-state index contributed by atoms with van der Waals surface area (Å²) in [5.74, 6) is -0.753. The van der Waals surface area contributed by atoms with Crippen molar-refractivity contribution in [3.05, 3.63) is 84.6 Å². The van der Waals surface area contributed by atoms with E-state index in [0.29, 0.717) is 14.4 Å². The third-order valence-electron chi connectivity index (χ3n) is 9.69. The first-order valence-electron chi connectivity index (χ1n) is 16.9. The summed E-state index contributed by atoms with van der Waals surface area (Å²) in [6, 6.07) is 15.4. The van der Waals surface area contributed by atoms with Crippen LogP contribution in [0, 0.1) is 21.0 Å². The smallest absolute Gasteiger partial charge is 0.437 e. The topological polar surface area (TPSA) is 71.9 Å². The third-order valence-corrected chi connectivity index (χ3v) is 11.6. The van der Waals surface area contributed by atoms with Crippen LogP contribution in [0.2, 0.25) is 13.6 Å². The van der Waals surface area contributed by atoms with Crippen molar-refractivity contribution in [3.8, 4) is 0 Å². The molecular weight excluding hydrogens is 905 g/mol. The Labute approximate surface area is 331 Å². The minimum Gasteiger partial charge on any atom is -0.437 e. The van der Waals surface area contributed by atoms with Gasteiger partial charge in [0.1, 0.15) is 17.5 Å². The lowest BCUT2D eigenvalue weighted by molar-refractivity contribution is 0.00578. The summed E-state index contributed by atoms with van der Waals surface area (Å²) in [6.07, 6.45) is 0. The predicted molar refractivity (Wildman–Crippen MR) is 218 cm³/mol. The molecule has 17 heteroatoms. The molecule has 2 N–H and O–H groups in total. The number of rotatable bonds is 5. The molecule has 0 aliphatic carbocycles. The van der Waals surface area contributed by atoms with Crippen LogP contribution in [0.1, 0.15) is 27.7 Å². The van der Waals surface area contributed by atoms with E-state index in [1.165, 1.54) is 6.07 Å². The molecule has 0 radical (unpaired) electrons. The number of hydrogen-bond donors (Lipinski definition) is 2. The Morgan fingerprint density at radius 3 is 1.41 bits per heavy atom. The van der Waals surface area contributed by atoms with Crippen LogP contribution in [0.4, 0.5) is 24.5 Å². The fourth-order valence-corrected chi connectivity index (χ4v) is 6.68. The summed E-state index contributed by atoms with van der Waals surface area (Å²) >= 11 is 8.26. The molecule has 0 saturated carbocycles. The molecule has 0 bridgehead atoms. The van der Waals surface area contributed by atoms with Crippen LogP contribution in [0.3, 0.4) is 0 Å². The summed E-state index contributed by atoms with van der Waals surface area (Å²) in [7, 11) is -1.53. The molecule has 0 aromatic heterocycles. The molecule has 3 fully saturated rings. The standard InChI is InChI=1S/C17H27B2FN2O3.C11H15BBrFN2O.C6H3BrFI/c1-16(2)17(3,4)25-19(24-16)14-7-6-13(12-15(14)20)21-8-10-22(11-9-21)18(5)23;1-12(17)16-6-4-15(5-7-16)9-2-3-10(13)11(14)8-9;7-5-2-1-4(9)3-6(5)8/h6-7,12,23H,8-11H2,1-5H3;2-3,8,17H,4-7H2,1H3;1-3H. The SMILES string of the molecule is CB(O)N1CCN(c2ccc(B3OC(C)(C)C(C)(C)O3)c(F)c2)CC1.CB(O)N1CCN(c2ccc(Br)c(F)c2)CC1.Fc1cc(I)ccc1Br. The molecule has 0 atom stereocenters. The molecule has 0 spiro atoms. The van der Waals surface area contributed by atoms with Gasteiger partial charge in [-0.1, -0.05) is 6.07 Å². The maximum atomic E-state index is 14.7. The molecule has 3 saturated heterocycles. The first kappa shape index (κ1) is 42.4. The Kier molecular flexibility index (Phi) is 15.3.